The minimum atomic E-state index is -0.275. The average molecular weight is 350 g/mol. The Morgan fingerprint density at radius 3 is 2.79 bits per heavy atom. The molecular weight excluding hydrogens is 324 g/mol. The number of rotatable bonds is 8. The number of carbonyl (C=O) groups excluding carboxylic acids is 1. The maximum atomic E-state index is 12.3. The fraction of sp³-hybridized carbons (Fsp3) is 0.588. The van der Waals surface area contributed by atoms with Crippen molar-refractivity contribution in [3.05, 3.63) is 16.8 Å². The number of nitrogens with zero attached hydrogens (tertiary/aromatic N) is 3. The molecule has 0 aromatic carbocycles. The zero-order valence-corrected chi connectivity index (χ0v) is 15.9. The molecule has 2 heterocycles. The van der Waals surface area contributed by atoms with Crippen LogP contribution in [0.1, 0.15) is 35.5 Å². The smallest absolute Gasteiger partial charge is 0.348 e. The molecule has 6 nitrogen and oxygen atoms in total. The Balaban J connectivity index is 2.18. The number of ether oxygens (including phenoxy) is 1. The predicted molar refractivity (Wildman–Crippen MR) is 98.9 cm³/mol. The van der Waals surface area contributed by atoms with Gasteiger partial charge in [0, 0.05) is 6.54 Å². The van der Waals surface area contributed by atoms with Crippen molar-refractivity contribution in [3.63, 3.8) is 0 Å². The van der Waals surface area contributed by atoms with Crippen molar-refractivity contribution < 1.29 is 9.53 Å². The van der Waals surface area contributed by atoms with E-state index in [1.54, 1.807) is 0 Å². The summed E-state index contributed by atoms with van der Waals surface area (Å²) in [6.45, 7) is 8.23. The summed E-state index contributed by atoms with van der Waals surface area (Å²) >= 11 is 1.37. The van der Waals surface area contributed by atoms with E-state index in [1.165, 1.54) is 17.7 Å². The third-order valence-corrected chi connectivity index (χ3v) is 4.71. The molecule has 0 aliphatic heterocycles. The Labute approximate surface area is 147 Å². The first-order chi connectivity index (χ1) is 11.4. The van der Waals surface area contributed by atoms with Gasteiger partial charge in [-0.3, -0.25) is 0 Å². The van der Waals surface area contributed by atoms with Gasteiger partial charge in [-0.15, -0.1) is 11.3 Å². The van der Waals surface area contributed by atoms with Crippen molar-refractivity contribution in [3.8, 4) is 0 Å². The van der Waals surface area contributed by atoms with Crippen LogP contribution in [0.3, 0.4) is 0 Å². The standard InChI is InChI=1S/C17H26N4O2S/c1-11(2)9-23-17(22)14-12(3)13-15(18-7-6-8-21(4)5)19-10-20-16(13)24-14/h10-11H,6-9H2,1-5H3,(H,18,19,20). The highest BCUT2D eigenvalue weighted by Gasteiger charge is 2.20. The van der Waals surface area contributed by atoms with Crippen LogP contribution in [-0.2, 0) is 4.74 Å². The SMILES string of the molecule is Cc1c(C(=O)OCC(C)C)sc2ncnc(NCCCN(C)C)c12. The van der Waals surface area contributed by atoms with Gasteiger partial charge in [-0.05, 0) is 45.5 Å². The largest absolute Gasteiger partial charge is 0.461 e. The molecule has 2 aromatic heterocycles. The number of nitrogens with one attached hydrogen (secondary N) is 1. The summed E-state index contributed by atoms with van der Waals surface area (Å²) in [4.78, 5) is 24.5. The van der Waals surface area contributed by atoms with E-state index in [0.29, 0.717) is 17.4 Å². The molecule has 7 heteroatoms. The molecule has 2 rings (SSSR count). The molecule has 2 aromatic rings. The zero-order valence-electron chi connectivity index (χ0n) is 15.0. The highest BCUT2D eigenvalue weighted by Crippen LogP contribution is 2.33. The van der Waals surface area contributed by atoms with Gasteiger partial charge in [0.2, 0.25) is 0 Å². The molecule has 0 aliphatic carbocycles. The van der Waals surface area contributed by atoms with Crippen LogP contribution in [0.4, 0.5) is 5.82 Å². The van der Waals surface area contributed by atoms with Gasteiger partial charge in [0.05, 0.1) is 12.0 Å². The molecule has 0 saturated heterocycles. The van der Waals surface area contributed by atoms with E-state index in [9.17, 15) is 4.79 Å². The Hall–Kier alpha value is -1.73. The highest BCUT2D eigenvalue weighted by molar-refractivity contribution is 7.20. The van der Waals surface area contributed by atoms with Gasteiger partial charge >= 0.3 is 5.97 Å². The molecule has 0 aliphatic rings. The van der Waals surface area contributed by atoms with Gasteiger partial charge in [-0.1, -0.05) is 13.8 Å². The molecule has 0 radical (unpaired) electrons. The lowest BCUT2D eigenvalue weighted by Crippen LogP contribution is -2.16. The maximum absolute atomic E-state index is 12.3. The van der Waals surface area contributed by atoms with Crippen LogP contribution in [-0.4, -0.2) is 54.6 Å². The summed E-state index contributed by atoms with van der Waals surface area (Å²) < 4.78 is 5.36. The summed E-state index contributed by atoms with van der Waals surface area (Å²) in [5.41, 5.74) is 0.888. The van der Waals surface area contributed by atoms with Gasteiger partial charge < -0.3 is 15.0 Å². The number of aromatic nitrogens is 2. The number of hydrogen-bond acceptors (Lipinski definition) is 7. The topological polar surface area (TPSA) is 67.3 Å². The number of hydrogen-bond donors (Lipinski definition) is 1. The van der Waals surface area contributed by atoms with Crippen LogP contribution in [0, 0.1) is 12.8 Å². The summed E-state index contributed by atoms with van der Waals surface area (Å²) in [7, 11) is 4.11. The number of anilines is 1. The van der Waals surface area contributed by atoms with Gasteiger partial charge in [-0.2, -0.15) is 0 Å². The van der Waals surface area contributed by atoms with E-state index in [4.69, 9.17) is 4.74 Å². The van der Waals surface area contributed by atoms with E-state index in [-0.39, 0.29) is 5.97 Å². The van der Waals surface area contributed by atoms with Crippen LogP contribution in [0.2, 0.25) is 0 Å². The Kier molecular flexibility index (Phi) is 6.51. The molecule has 132 valence electrons. The normalized spacial score (nSPS) is 11.5. The fourth-order valence-corrected chi connectivity index (χ4v) is 3.35. The Bertz CT molecular complexity index is 697. The third-order valence-electron chi connectivity index (χ3n) is 3.53. The molecule has 0 atom stereocenters. The third kappa shape index (κ3) is 4.64. The van der Waals surface area contributed by atoms with Gasteiger partial charge in [-0.25, -0.2) is 14.8 Å². The van der Waals surface area contributed by atoms with E-state index in [2.05, 4.69) is 34.3 Å². The van der Waals surface area contributed by atoms with Crippen LogP contribution in [0.15, 0.2) is 6.33 Å². The molecule has 0 saturated carbocycles. The Morgan fingerprint density at radius 2 is 2.12 bits per heavy atom. The maximum Gasteiger partial charge on any atom is 0.348 e. The number of esters is 1. The molecule has 0 bridgehead atoms. The number of aryl methyl sites for hydroxylation is 1. The van der Waals surface area contributed by atoms with Gasteiger partial charge in [0.1, 0.15) is 21.9 Å². The molecular formula is C17H26N4O2S. The summed E-state index contributed by atoms with van der Waals surface area (Å²) in [5.74, 6) is 0.829. The van der Waals surface area contributed by atoms with E-state index >= 15 is 0 Å². The lowest BCUT2D eigenvalue weighted by molar-refractivity contribution is 0.0464. The fourth-order valence-electron chi connectivity index (χ4n) is 2.31. The van der Waals surface area contributed by atoms with Crippen molar-refractivity contribution in [1.82, 2.24) is 14.9 Å². The minimum absolute atomic E-state index is 0.275. The highest BCUT2D eigenvalue weighted by atomic mass is 32.1. The average Bonchev–Trinajstić information content (AvgIpc) is 2.87. The van der Waals surface area contributed by atoms with Crippen molar-refractivity contribution in [2.75, 3.05) is 39.1 Å². The van der Waals surface area contributed by atoms with Crippen LogP contribution < -0.4 is 5.32 Å². The molecule has 0 amide bonds. The first kappa shape index (κ1) is 18.6. The van der Waals surface area contributed by atoms with Crippen molar-refractivity contribution >= 4 is 33.3 Å². The van der Waals surface area contributed by atoms with E-state index in [1.807, 2.05) is 20.8 Å². The molecule has 24 heavy (non-hydrogen) atoms. The van der Waals surface area contributed by atoms with Crippen molar-refractivity contribution in [2.45, 2.75) is 27.2 Å². The lowest BCUT2D eigenvalue weighted by atomic mass is 10.2. The van der Waals surface area contributed by atoms with Gasteiger partial charge in [0.15, 0.2) is 0 Å². The summed E-state index contributed by atoms with van der Waals surface area (Å²) in [6, 6.07) is 0. The monoisotopic (exact) mass is 350 g/mol. The van der Waals surface area contributed by atoms with Gasteiger partial charge in [0.25, 0.3) is 0 Å². The molecule has 0 unspecified atom stereocenters. The number of thiophene rings is 1. The quantitative estimate of drug-likeness (QED) is 0.583. The second kappa shape index (κ2) is 8.39. The zero-order chi connectivity index (χ0) is 17.7. The first-order valence-electron chi connectivity index (χ1n) is 8.20. The van der Waals surface area contributed by atoms with Crippen molar-refractivity contribution in [2.24, 2.45) is 5.92 Å². The van der Waals surface area contributed by atoms with Crippen molar-refractivity contribution in [1.29, 1.82) is 0 Å². The summed E-state index contributed by atoms with van der Waals surface area (Å²) in [5, 5.41) is 4.28. The predicted octanol–water partition coefficient (Wildman–Crippen LogP) is 3.18. The minimum Gasteiger partial charge on any atom is -0.461 e. The van der Waals surface area contributed by atoms with Crippen LogP contribution in [0.25, 0.3) is 10.2 Å². The molecule has 0 spiro atoms. The molecule has 0 fully saturated rings. The number of carbonyl (C=O) groups is 1. The number of fused-ring (bicyclic) bond motifs is 1. The lowest BCUT2D eigenvalue weighted by Gasteiger charge is -2.11. The first-order valence-corrected chi connectivity index (χ1v) is 9.01. The Morgan fingerprint density at radius 1 is 1.38 bits per heavy atom. The molecule has 1 N–H and O–H groups in total. The summed E-state index contributed by atoms with van der Waals surface area (Å²) in [6.07, 6.45) is 2.56. The second-order valence-corrected chi connectivity index (χ2v) is 7.53. The van der Waals surface area contributed by atoms with E-state index in [0.717, 1.165) is 41.1 Å². The van der Waals surface area contributed by atoms with Crippen LogP contribution in [0.5, 0.6) is 0 Å². The van der Waals surface area contributed by atoms with E-state index < -0.39 is 0 Å². The van der Waals surface area contributed by atoms with Crippen LogP contribution >= 0.6 is 11.3 Å². The second-order valence-electron chi connectivity index (χ2n) is 6.53.